The largest absolute Gasteiger partial charge is 0.349 e. The molecule has 1 N–H and O–H groups in total. The highest BCUT2D eigenvalue weighted by molar-refractivity contribution is 6.06. The van der Waals surface area contributed by atoms with Crippen LogP contribution in [0.5, 0.6) is 0 Å². The third-order valence-electron chi connectivity index (χ3n) is 7.84. The van der Waals surface area contributed by atoms with Gasteiger partial charge in [-0.3, -0.25) is 9.69 Å². The number of benzene rings is 2. The second kappa shape index (κ2) is 11.1. The Morgan fingerprint density at radius 3 is 2.59 bits per heavy atom. The average Bonchev–Trinajstić information content (AvgIpc) is 3.60. The first-order chi connectivity index (χ1) is 19.8. The summed E-state index contributed by atoms with van der Waals surface area (Å²) < 4.78 is 59.9. The van der Waals surface area contributed by atoms with Gasteiger partial charge in [0.15, 0.2) is 5.65 Å². The maximum atomic E-state index is 15.0. The zero-order chi connectivity index (χ0) is 28.7. The van der Waals surface area contributed by atoms with E-state index in [4.69, 9.17) is 0 Å². The van der Waals surface area contributed by atoms with Crippen molar-refractivity contribution in [2.75, 3.05) is 50.0 Å². The molecular weight excluding hydrogens is 538 g/mol. The average molecular weight is 568 g/mol. The van der Waals surface area contributed by atoms with Gasteiger partial charge in [0.05, 0.1) is 17.8 Å². The maximum Gasteiger partial charge on any atom is 0.258 e. The molecule has 0 saturated carbocycles. The number of anilines is 2. The lowest BCUT2D eigenvalue weighted by atomic mass is 10.0. The molecule has 6 rings (SSSR count). The predicted molar refractivity (Wildman–Crippen MR) is 146 cm³/mol. The van der Waals surface area contributed by atoms with Gasteiger partial charge < -0.3 is 15.1 Å². The van der Waals surface area contributed by atoms with Crippen LogP contribution in [0.25, 0.3) is 5.65 Å². The number of hydrogen-bond acceptors (Lipinski definition) is 6. The number of nitrogens with zero attached hydrogens (tertiary/aromatic N) is 6. The van der Waals surface area contributed by atoms with Crippen molar-refractivity contribution in [3.8, 4) is 0 Å². The highest BCUT2D eigenvalue weighted by Gasteiger charge is 2.30. The minimum Gasteiger partial charge on any atom is -0.349 e. The fourth-order valence-electron chi connectivity index (χ4n) is 5.56. The van der Waals surface area contributed by atoms with Gasteiger partial charge in [-0.05, 0) is 56.3 Å². The molecule has 1 amide bonds. The SMILES string of the molecule is CN1CCN(Cc2cc(F)c(C(=O)Nc3cnn4ccc(N5CCCC5c5cc(F)ccc5F)nc34)cc2F)CC1. The van der Waals surface area contributed by atoms with Gasteiger partial charge in [-0.1, -0.05) is 0 Å². The number of carbonyl (C=O) groups is 1. The third-order valence-corrected chi connectivity index (χ3v) is 7.84. The molecule has 2 aliphatic heterocycles. The first-order valence-corrected chi connectivity index (χ1v) is 13.5. The number of carbonyl (C=O) groups excluding carboxylic acids is 1. The molecule has 1 unspecified atom stereocenters. The van der Waals surface area contributed by atoms with E-state index >= 15 is 4.39 Å². The van der Waals surface area contributed by atoms with Gasteiger partial charge in [0.2, 0.25) is 0 Å². The van der Waals surface area contributed by atoms with Gasteiger partial charge in [-0.25, -0.2) is 27.1 Å². The van der Waals surface area contributed by atoms with Gasteiger partial charge >= 0.3 is 0 Å². The van der Waals surface area contributed by atoms with Crippen LogP contribution in [0.2, 0.25) is 0 Å². The molecule has 2 fully saturated rings. The number of rotatable bonds is 6. The molecule has 12 heteroatoms. The van der Waals surface area contributed by atoms with Crippen LogP contribution in [0.1, 0.15) is 40.4 Å². The second-order valence-corrected chi connectivity index (χ2v) is 10.6. The van der Waals surface area contributed by atoms with Crippen LogP contribution in [0.15, 0.2) is 48.8 Å². The highest BCUT2D eigenvalue weighted by Crippen LogP contribution is 2.37. The Bertz CT molecular complexity index is 1600. The standard InChI is InChI=1S/C29H29F4N7O/c1-37-9-11-38(12-10-37)17-18-13-24(33)21(15-23(18)32)29(41)35-25-16-34-40-8-6-27(36-28(25)40)39-7-2-3-26(39)20-14-19(30)4-5-22(20)31/h4-6,8,13-16,26H,2-3,7,9-12,17H2,1H3,(H,35,41). The zero-order valence-electron chi connectivity index (χ0n) is 22.5. The molecule has 0 bridgehead atoms. The number of hydrogen-bond donors (Lipinski definition) is 1. The molecule has 0 spiro atoms. The van der Waals surface area contributed by atoms with E-state index in [0.717, 1.165) is 56.9 Å². The molecule has 2 aliphatic rings. The van der Waals surface area contributed by atoms with Crippen LogP contribution in [0.4, 0.5) is 29.1 Å². The summed E-state index contributed by atoms with van der Waals surface area (Å²) in [7, 11) is 2.02. The number of nitrogens with one attached hydrogen (secondary N) is 1. The lowest BCUT2D eigenvalue weighted by Crippen LogP contribution is -2.44. The number of fused-ring (bicyclic) bond motifs is 1. The number of likely N-dealkylation sites (N-methyl/N-ethyl adjacent to an activating group) is 1. The van der Waals surface area contributed by atoms with Crippen molar-refractivity contribution in [1.82, 2.24) is 24.4 Å². The highest BCUT2D eigenvalue weighted by atomic mass is 19.1. The van der Waals surface area contributed by atoms with E-state index in [1.807, 2.05) is 16.8 Å². The van der Waals surface area contributed by atoms with Crippen LogP contribution >= 0.6 is 0 Å². The zero-order valence-corrected chi connectivity index (χ0v) is 22.5. The van der Waals surface area contributed by atoms with Crippen molar-refractivity contribution in [2.45, 2.75) is 25.4 Å². The molecule has 0 aliphatic carbocycles. The Morgan fingerprint density at radius 2 is 1.78 bits per heavy atom. The van der Waals surface area contributed by atoms with Crippen molar-refractivity contribution in [3.63, 3.8) is 0 Å². The van der Waals surface area contributed by atoms with Gasteiger partial charge in [0.1, 0.15) is 34.8 Å². The lowest BCUT2D eigenvalue weighted by molar-refractivity contribution is 0.102. The van der Waals surface area contributed by atoms with E-state index in [2.05, 4.69) is 20.3 Å². The number of aromatic nitrogens is 3. The molecule has 0 radical (unpaired) electrons. The quantitative estimate of drug-likeness (QED) is 0.343. The predicted octanol–water partition coefficient (Wildman–Crippen LogP) is 4.63. The summed E-state index contributed by atoms with van der Waals surface area (Å²) in [6.07, 6.45) is 4.38. The van der Waals surface area contributed by atoms with E-state index in [1.54, 1.807) is 12.3 Å². The summed E-state index contributed by atoms with van der Waals surface area (Å²) in [5.74, 6) is -2.84. The van der Waals surface area contributed by atoms with E-state index in [0.29, 0.717) is 18.8 Å². The molecule has 4 aromatic rings. The lowest BCUT2D eigenvalue weighted by Gasteiger charge is -2.32. The van der Waals surface area contributed by atoms with Crippen molar-refractivity contribution in [2.24, 2.45) is 0 Å². The maximum absolute atomic E-state index is 15.0. The Morgan fingerprint density at radius 1 is 0.976 bits per heavy atom. The van der Waals surface area contributed by atoms with Crippen LogP contribution in [0, 0.1) is 23.3 Å². The molecule has 2 aromatic heterocycles. The summed E-state index contributed by atoms with van der Waals surface area (Å²) in [5.41, 5.74) is 0.488. The fourth-order valence-corrected chi connectivity index (χ4v) is 5.56. The molecule has 41 heavy (non-hydrogen) atoms. The minimum absolute atomic E-state index is 0.195. The Balaban J connectivity index is 1.22. The fraction of sp³-hybridized carbons (Fsp3) is 0.345. The molecule has 214 valence electrons. The first kappa shape index (κ1) is 27.2. The Labute approximate surface area is 234 Å². The van der Waals surface area contributed by atoms with Gasteiger partial charge in [-0.2, -0.15) is 5.10 Å². The van der Waals surface area contributed by atoms with Gasteiger partial charge in [0, 0.05) is 56.6 Å². The van der Waals surface area contributed by atoms with Crippen molar-refractivity contribution in [1.29, 1.82) is 0 Å². The van der Waals surface area contributed by atoms with Gasteiger partial charge in [0.25, 0.3) is 5.91 Å². The number of halogens is 4. The third kappa shape index (κ3) is 5.49. The summed E-state index contributed by atoms with van der Waals surface area (Å²) >= 11 is 0. The van der Waals surface area contributed by atoms with Crippen molar-refractivity contribution in [3.05, 3.63) is 88.8 Å². The molecule has 2 aromatic carbocycles. The van der Waals surface area contributed by atoms with Crippen molar-refractivity contribution >= 4 is 23.1 Å². The van der Waals surface area contributed by atoms with E-state index in [9.17, 15) is 18.0 Å². The minimum atomic E-state index is -0.837. The van der Waals surface area contributed by atoms with Crippen LogP contribution in [0.3, 0.4) is 0 Å². The van der Waals surface area contributed by atoms with E-state index in [1.165, 1.54) is 16.8 Å². The first-order valence-electron chi connectivity index (χ1n) is 13.5. The Hall–Kier alpha value is -4.03. The molecule has 4 heterocycles. The Kier molecular flexibility index (Phi) is 7.35. The number of piperazine rings is 1. The van der Waals surface area contributed by atoms with Crippen molar-refractivity contribution < 1.29 is 22.4 Å². The second-order valence-electron chi connectivity index (χ2n) is 10.6. The monoisotopic (exact) mass is 567 g/mol. The van der Waals surface area contributed by atoms with Crippen LogP contribution in [-0.2, 0) is 6.54 Å². The summed E-state index contributed by atoms with van der Waals surface area (Å²) in [6, 6.07) is 6.68. The molecular formula is C29H29F4N7O. The van der Waals surface area contributed by atoms with E-state index < -0.39 is 40.8 Å². The smallest absolute Gasteiger partial charge is 0.258 e. The van der Waals surface area contributed by atoms with Crippen LogP contribution < -0.4 is 10.2 Å². The van der Waals surface area contributed by atoms with Crippen LogP contribution in [-0.4, -0.2) is 70.1 Å². The summed E-state index contributed by atoms with van der Waals surface area (Å²) in [4.78, 5) is 23.8. The molecule has 8 nitrogen and oxygen atoms in total. The molecule has 2 saturated heterocycles. The summed E-state index contributed by atoms with van der Waals surface area (Å²) in [6.45, 7) is 4.03. The van der Waals surface area contributed by atoms with Gasteiger partial charge in [-0.15, -0.1) is 0 Å². The normalized spacial score (nSPS) is 18.4. The summed E-state index contributed by atoms with van der Waals surface area (Å²) in [5, 5.41) is 6.79. The molecule has 1 atom stereocenters. The number of amides is 1. The van der Waals surface area contributed by atoms with E-state index in [-0.39, 0.29) is 29.0 Å². The topological polar surface area (TPSA) is 69.0 Å².